The normalized spacial score (nSPS) is 12.1. The van der Waals surface area contributed by atoms with Crippen LogP contribution in [0.1, 0.15) is 27.2 Å². The van der Waals surface area contributed by atoms with Crippen LogP contribution in [0.2, 0.25) is 0 Å². The third-order valence-corrected chi connectivity index (χ3v) is 2.88. The van der Waals surface area contributed by atoms with Crippen LogP contribution in [0.15, 0.2) is 0 Å². The van der Waals surface area contributed by atoms with Crippen molar-refractivity contribution >= 4 is 0 Å². The Morgan fingerprint density at radius 3 is 2.00 bits per heavy atom. The number of rotatable bonds is 2. The van der Waals surface area contributed by atoms with Crippen molar-refractivity contribution in [3.05, 3.63) is 0 Å². The van der Waals surface area contributed by atoms with Gasteiger partial charge >= 0.3 is 55.0 Å². The zero-order valence-electron chi connectivity index (χ0n) is 5.32. The van der Waals surface area contributed by atoms with Crippen molar-refractivity contribution in [3.8, 4) is 0 Å². The molecule has 0 bridgehead atoms. The summed E-state index contributed by atoms with van der Waals surface area (Å²) in [6, 6.07) is 0. The molecular weight excluding hydrogens is 141 g/mol. The first kappa shape index (κ1) is 7.58. The van der Waals surface area contributed by atoms with Crippen molar-refractivity contribution in [2.24, 2.45) is 0 Å². The first-order valence-corrected chi connectivity index (χ1v) is 3.76. The van der Waals surface area contributed by atoms with Crippen molar-refractivity contribution < 1.29 is 22.2 Å². The van der Waals surface area contributed by atoms with Crippen molar-refractivity contribution in [1.82, 2.24) is 0 Å². The third kappa shape index (κ3) is 3.19. The van der Waals surface area contributed by atoms with Crippen LogP contribution in [0, 0.1) is 0 Å². The molecule has 2 heteroatoms. The Morgan fingerprint density at radius 1 is 1.57 bits per heavy atom. The number of hydrogen-bond acceptors (Lipinski definition) is 1. The SMILES string of the molecule is CCC(C)(C)[O][Zn]. The molecule has 0 aromatic heterocycles. The Bertz CT molecular complexity index is 46.0. The molecule has 0 atom stereocenters. The van der Waals surface area contributed by atoms with E-state index < -0.39 is 0 Å². The fraction of sp³-hybridized carbons (Fsp3) is 1.00. The van der Waals surface area contributed by atoms with Crippen LogP contribution >= 0.6 is 0 Å². The molecule has 0 heterocycles. The molecular formula is C5H11OZn. The van der Waals surface area contributed by atoms with E-state index in [2.05, 4.69) is 20.8 Å². The summed E-state index contributed by atoms with van der Waals surface area (Å²) in [4.78, 5) is 0. The van der Waals surface area contributed by atoms with Crippen LogP contribution < -0.4 is 0 Å². The zero-order valence-corrected chi connectivity index (χ0v) is 8.29. The van der Waals surface area contributed by atoms with Gasteiger partial charge in [0.25, 0.3) is 0 Å². The molecule has 0 saturated heterocycles. The third-order valence-electron chi connectivity index (χ3n) is 1.24. The van der Waals surface area contributed by atoms with E-state index in [-0.39, 0.29) is 5.60 Å². The average molecular weight is 153 g/mol. The van der Waals surface area contributed by atoms with E-state index in [0.29, 0.717) is 0 Å². The van der Waals surface area contributed by atoms with E-state index in [1.54, 1.807) is 0 Å². The van der Waals surface area contributed by atoms with Gasteiger partial charge in [0.15, 0.2) is 0 Å². The minimum absolute atomic E-state index is 0.139. The van der Waals surface area contributed by atoms with Gasteiger partial charge in [0.1, 0.15) is 0 Å². The fourth-order valence-electron chi connectivity index (χ4n) is 0.102. The predicted molar refractivity (Wildman–Crippen MR) is 25.5 cm³/mol. The minimum atomic E-state index is 0.139. The summed E-state index contributed by atoms with van der Waals surface area (Å²) >= 11 is 0.945. The topological polar surface area (TPSA) is 9.23 Å². The van der Waals surface area contributed by atoms with Gasteiger partial charge in [-0.15, -0.1) is 0 Å². The first-order valence-electron chi connectivity index (χ1n) is 2.55. The standard InChI is InChI=1S/C5H11O.Zn/c1-4-5(2,3)6;/h4H2,1-3H3;/q-1;+1. The molecule has 7 heavy (non-hydrogen) atoms. The van der Waals surface area contributed by atoms with Gasteiger partial charge in [0.05, 0.1) is 0 Å². The van der Waals surface area contributed by atoms with Crippen molar-refractivity contribution in [1.29, 1.82) is 0 Å². The van der Waals surface area contributed by atoms with Crippen molar-refractivity contribution in [2.75, 3.05) is 0 Å². The maximum atomic E-state index is 5.21. The summed E-state index contributed by atoms with van der Waals surface area (Å²) < 4.78 is 5.21. The number of hydrogen-bond donors (Lipinski definition) is 0. The van der Waals surface area contributed by atoms with Gasteiger partial charge in [-0.25, -0.2) is 0 Å². The molecule has 0 aromatic carbocycles. The van der Waals surface area contributed by atoms with Gasteiger partial charge in [-0.05, 0) is 0 Å². The van der Waals surface area contributed by atoms with Gasteiger partial charge in [-0.3, -0.25) is 0 Å². The molecule has 0 N–H and O–H groups in total. The quantitative estimate of drug-likeness (QED) is 0.547. The average Bonchev–Trinajstić information content (AvgIpc) is 1.68. The Morgan fingerprint density at radius 2 is 2.00 bits per heavy atom. The molecule has 0 amide bonds. The van der Waals surface area contributed by atoms with Crippen LogP contribution in [-0.2, 0) is 22.2 Å². The fourth-order valence-corrected chi connectivity index (χ4v) is 0.530. The summed E-state index contributed by atoms with van der Waals surface area (Å²) in [5.41, 5.74) is 0.139. The van der Waals surface area contributed by atoms with E-state index in [9.17, 15) is 0 Å². The van der Waals surface area contributed by atoms with Crippen LogP contribution in [0.25, 0.3) is 0 Å². The van der Waals surface area contributed by atoms with E-state index in [1.807, 2.05) is 0 Å². The van der Waals surface area contributed by atoms with Crippen molar-refractivity contribution in [2.45, 2.75) is 32.8 Å². The Hall–Kier alpha value is 0.583. The van der Waals surface area contributed by atoms with Crippen LogP contribution in [0.4, 0.5) is 0 Å². The molecule has 0 saturated carbocycles. The van der Waals surface area contributed by atoms with Crippen LogP contribution in [-0.4, -0.2) is 5.60 Å². The van der Waals surface area contributed by atoms with Gasteiger partial charge in [-0.1, -0.05) is 0 Å². The molecule has 0 fully saturated rings. The second kappa shape index (κ2) is 2.79. The molecule has 0 spiro atoms. The van der Waals surface area contributed by atoms with E-state index in [4.69, 9.17) is 3.56 Å². The van der Waals surface area contributed by atoms with Gasteiger partial charge in [0, 0.05) is 0 Å². The molecule has 1 nitrogen and oxygen atoms in total. The molecule has 39 valence electrons. The van der Waals surface area contributed by atoms with Gasteiger partial charge < -0.3 is 0 Å². The van der Waals surface area contributed by atoms with E-state index in [0.717, 1.165) is 25.1 Å². The van der Waals surface area contributed by atoms with Crippen LogP contribution in [0.5, 0.6) is 0 Å². The predicted octanol–water partition coefficient (Wildman–Crippen LogP) is 1.65. The molecule has 0 aliphatic carbocycles. The molecule has 0 radical (unpaired) electrons. The maximum absolute atomic E-state index is 5.21. The first-order chi connectivity index (χ1) is 3.12. The summed E-state index contributed by atoms with van der Waals surface area (Å²) in [5, 5.41) is 0. The second-order valence-electron chi connectivity index (χ2n) is 2.26. The second-order valence-corrected chi connectivity index (χ2v) is 2.86. The van der Waals surface area contributed by atoms with Gasteiger partial charge in [0.2, 0.25) is 0 Å². The van der Waals surface area contributed by atoms with Gasteiger partial charge in [-0.2, -0.15) is 0 Å². The van der Waals surface area contributed by atoms with E-state index in [1.165, 1.54) is 0 Å². The molecule has 0 aliphatic rings. The Kier molecular flexibility index (Phi) is 3.02. The van der Waals surface area contributed by atoms with Crippen molar-refractivity contribution in [3.63, 3.8) is 0 Å². The summed E-state index contributed by atoms with van der Waals surface area (Å²) in [5.74, 6) is 0. The summed E-state index contributed by atoms with van der Waals surface area (Å²) in [7, 11) is 0. The summed E-state index contributed by atoms with van der Waals surface area (Å²) in [6.45, 7) is 6.35. The molecule has 0 aliphatic heterocycles. The molecule has 0 aromatic rings. The van der Waals surface area contributed by atoms with Crippen LogP contribution in [0.3, 0.4) is 0 Å². The monoisotopic (exact) mass is 151 g/mol. The van der Waals surface area contributed by atoms with E-state index >= 15 is 0 Å². The summed E-state index contributed by atoms with van der Waals surface area (Å²) in [6.07, 6.45) is 1.10. The molecule has 0 rings (SSSR count). The zero-order chi connectivity index (χ0) is 5.91. The molecule has 0 unspecified atom stereocenters. The Labute approximate surface area is 55.5 Å². The Balaban J connectivity index is 3.36.